The molecule has 0 bridgehead atoms. The van der Waals surface area contributed by atoms with Gasteiger partial charge in [0.25, 0.3) is 0 Å². The summed E-state index contributed by atoms with van der Waals surface area (Å²) in [5, 5.41) is 3.19. The van der Waals surface area contributed by atoms with Gasteiger partial charge in [0.05, 0.1) is 13.2 Å². The van der Waals surface area contributed by atoms with E-state index >= 15 is 0 Å². The predicted molar refractivity (Wildman–Crippen MR) is 82.1 cm³/mol. The highest BCUT2D eigenvalue weighted by Crippen LogP contribution is 2.33. The third kappa shape index (κ3) is 2.81. The Morgan fingerprint density at radius 3 is 2.45 bits per heavy atom. The summed E-state index contributed by atoms with van der Waals surface area (Å²) in [5.41, 5.74) is 1.66. The summed E-state index contributed by atoms with van der Waals surface area (Å²) in [5.74, 6) is -0.0466. The van der Waals surface area contributed by atoms with Crippen molar-refractivity contribution >= 4 is 11.8 Å². The maximum atomic E-state index is 14.5. The SMILES string of the molecule is CNC(c1ccccc1SC)c1cccc(OC)c1F. The molecule has 2 nitrogen and oxygen atoms in total. The summed E-state index contributed by atoms with van der Waals surface area (Å²) >= 11 is 1.66. The van der Waals surface area contributed by atoms with Crippen LogP contribution in [0, 0.1) is 5.82 Å². The molecule has 1 unspecified atom stereocenters. The van der Waals surface area contributed by atoms with Crippen molar-refractivity contribution in [2.24, 2.45) is 0 Å². The monoisotopic (exact) mass is 291 g/mol. The van der Waals surface area contributed by atoms with E-state index < -0.39 is 0 Å². The van der Waals surface area contributed by atoms with Crippen molar-refractivity contribution in [3.63, 3.8) is 0 Å². The fourth-order valence-electron chi connectivity index (χ4n) is 2.29. The van der Waals surface area contributed by atoms with Crippen LogP contribution in [0.3, 0.4) is 0 Å². The first-order valence-electron chi connectivity index (χ1n) is 6.35. The van der Waals surface area contributed by atoms with Gasteiger partial charge in [-0.15, -0.1) is 11.8 Å². The third-order valence-electron chi connectivity index (χ3n) is 3.26. The summed E-state index contributed by atoms with van der Waals surface area (Å²) in [6.07, 6.45) is 2.02. The van der Waals surface area contributed by atoms with Crippen molar-refractivity contribution in [3.8, 4) is 5.75 Å². The van der Waals surface area contributed by atoms with Crippen molar-refractivity contribution in [1.29, 1.82) is 0 Å². The van der Waals surface area contributed by atoms with Crippen molar-refractivity contribution in [2.75, 3.05) is 20.4 Å². The van der Waals surface area contributed by atoms with Crippen LogP contribution in [0.25, 0.3) is 0 Å². The number of halogens is 1. The minimum atomic E-state index is -0.315. The first-order valence-corrected chi connectivity index (χ1v) is 7.58. The Labute approximate surface area is 123 Å². The van der Waals surface area contributed by atoms with E-state index in [0.717, 1.165) is 10.5 Å². The number of methoxy groups -OCH3 is 1. The van der Waals surface area contributed by atoms with Gasteiger partial charge in [-0.25, -0.2) is 4.39 Å². The van der Waals surface area contributed by atoms with Crippen LogP contribution in [-0.4, -0.2) is 20.4 Å². The van der Waals surface area contributed by atoms with Crippen LogP contribution in [-0.2, 0) is 0 Å². The molecule has 0 saturated carbocycles. The number of nitrogens with one attached hydrogen (secondary N) is 1. The van der Waals surface area contributed by atoms with Crippen molar-refractivity contribution in [1.82, 2.24) is 5.32 Å². The first kappa shape index (κ1) is 14.9. The van der Waals surface area contributed by atoms with E-state index in [9.17, 15) is 4.39 Å². The van der Waals surface area contributed by atoms with Crippen LogP contribution in [0.4, 0.5) is 4.39 Å². The van der Waals surface area contributed by atoms with Gasteiger partial charge in [-0.05, 0) is 31.0 Å². The molecule has 1 atom stereocenters. The molecule has 1 N–H and O–H groups in total. The van der Waals surface area contributed by atoms with Crippen molar-refractivity contribution in [3.05, 3.63) is 59.4 Å². The standard InChI is InChI=1S/C16H18FNOS/c1-18-16(11-7-4-5-10-14(11)20-3)12-8-6-9-13(19-2)15(12)17/h4-10,16,18H,1-3H3. The Hall–Kier alpha value is -1.52. The normalized spacial score (nSPS) is 12.2. The summed E-state index contributed by atoms with van der Waals surface area (Å²) in [7, 11) is 3.31. The van der Waals surface area contributed by atoms with Crippen molar-refractivity contribution in [2.45, 2.75) is 10.9 Å². The minimum Gasteiger partial charge on any atom is -0.494 e. The highest BCUT2D eigenvalue weighted by Gasteiger charge is 2.20. The fraction of sp³-hybridized carbons (Fsp3) is 0.250. The second-order valence-corrected chi connectivity index (χ2v) is 5.18. The number of benzene rings is 2. The van der Waals surface area contributed by atoms with E-state index in [4.69, 9.17) is 4.74 Å². The Balaban J connectivity index is 2.53. The van der Waals surface area contributed by atoms with Gasteiger partial charge >= 0.3 is 0 Å². The van der Waals surface area contributed by atoms with Gasteiger partial charge in [0.2, 0.25) is 0 Å². The lowest BCUT2D eigenvalue weighted by Crippen LogP contribution is -2.20. The van der Waals surface area contributed by atoms with E-state index in [1.54, 1.807) is 23.9 Å². The molecule has 0 aliphatic heterocycles. The lowest BCUT2D eigenvalue weighted by molar-refractivity contribution is 0.382. The Morgan fingerprint density at radius 1 is 1.10 bits per heavy atom. The maximum Gasteiger partial charge on any atom is 0.170 e. The van der Waals surface area contributed by atoms with Crippen LogP contribution >= 0.6 is 11.8 Å². The number of hydrogen-bond acceptors (Lipinski definition) is 3. The molecule has 4 heteroatoms. The van der Waals surface area contributed by atoms with E-state index in [2.05, 4.69) is 5.32 Å². The highest BCUT2D eigenvalue weighted by atomic mass is 32.2. The van der Waals surface area contributed by atoms with Gasteiger partial charge in [0.1, 0.15) is 0 Å². The number of rotatable bonds is 5. The Kier molecular flexibility index (Phi) is 5.04. The van der Waals surface area contributed by atoms with Gasteiger partial charge in [0, 0.05) is 10.5 Å². The zero-order chi connectivity index (χ0) is 14.5. The van der Waals surface area contributed by atoms with Crippen molar-refractivity contribution < 1.29 is 9.13 Å². The lowest BCUT2D eigenvalue weighted by atomic mass is 9.98. The first-order chi connectivity index (χ1) is 9.72. The molecule has 2 rings (SSSR count). The number of hydrogen-bond donors (Lipinski definition) is 1. The summed E-state index contributed by atoms with van der Waals surface area (Å²) in [6, 6.07) is 13.1. The molecule has 106 valence electrons. The van der Waals surface area contributed by atoms with Crippen LogP contribution < -0.4 is 10.1 Å². The van der Waals surface area contributed by atoms with Crippen LogP contribution in [0.5, 0.6) is 5.75 Å². The smallest absolute Gasteiger partial charge is 0.170 e. The average molecular weight is 291 g/mol. The van der Waals surface area contributed by atoms with Gasteiger partial charge in [0.15, 0.2) is 11.6 Å². The summed E-state index contributed by atoms with van der Waals surface area (Å²) in [4.78, 5) is 1.13. The van der Waals surface area contributed by atoms with E-state index in [1.807, 2.05) is 43.6 Å². The lowest BCUT2D eigenvalue weighted by Gasteiger charge is -2.21. The molecule has 0 heterocycles. The molecular formula is C16H18FNOS. The molecule has 2 aromatic rings. The van der Waals surface area contributed by atoms with Gasteiger partial charge in [-0.1, -0.05) is 30.3 Å². The molecule has 0 aliphatic carbocycles. The second kappa shape index (κ2) is 6.77. The summed E-state index contributed by atoms with van der Waals surface area (Å²) in [6.45, 7) is 0. The second-order valence-electron chi connectivity index (χ2n) is 4.33. The van der Waals surface area contributed by atoms with Crippen LogP contribution in [0.15, 0.2) is 47.4 Å². The Bertz CT molecular complexity index is 588. The van der Waals surface area contributed by atoms with Gasteiger partial charge in [-0.2, -0.15) is 0 Å². The van der Waals surface area contributed by atoms with Gasteiger partial charge in [-0.3, -0.25) is 0 Å². The molecular weight excluding hydrogens is 273 g/mol. The molecule has 0 saturated heterocycles. The molecule has 0 fully saturated rings. The van der Waals surface area contributed by atoms with E-state index in [-0.39, 0.29) is 17.6 Å². The molecule has 0 radical (unpaired) electrons. The number of thioether (sulfide) groups is 1. The molecule has 2 aromatic carbocycles. The summed E-state index contributed by atoms with van der Waals surface area (Å²) < 4.78 is 19.5. The predicted octanol–water partition coefficient (Wildman–Crippen LogP) is 3.87. The highest BCUT2D eigenvalue weighted by molar-refractivity contribution is 7.98. The minimum absolute atomic E-state index is 0.200. The molecule has 0 amide bonds. The maximum absolute atomic E-state index is 14.5. The van der Waals surface area contributed by atoms with E-state index in [1.165, 1.54) is 7.11 Å². The number of ether oxygens (including phenoxy) is 1. The molecule has 0 aliphatic rings. The average Bonchev–Trinajstić information content (AvgIpc) is 2.50. The largest absolute Gasteiger partial charge is 0.494 e. The molecule has 0 aromatic heterocycles. The van der Waals surface area contributed by atoms with Gasteiger partial charge < -0.3 is 10.1 Å². The quantitative estimate of drug-likeness (QED) is 0.845. The topological polar surface area (TPSA) is 21.3 Å². The molecule has 0 spiro atoms. The molecule has 20 heavy (non-hydrogen) atoms. The zero-order valence-corrected chi connectivity index (χ0v) is 12.6. The fourth-order valence-corrected chi connectivity index (χ4v) is 2.93. The Morgan fingerprint density at radius 2 is 1.80 bits per heavy atom. The van der Waals surface area contributed by atoms with E-state index in [0.29, 0.717) is 5.56 Å². The third-order valence-corrected chi connectivity index (χ3v) is 4.07. The zero-order valence-electron chi connectivity index (χ0n) is 11.8. The van der Waals surface area contributed by atoms with Crippen LogP contribution in [0.1, 0.15) is 17.2 Å². The van der Waals surface area contributed by atoms with Crippen LogP contribution in [0.2, 0.25) is 0 Å².